The van der Waals surface area contributed by atoms with Crippen molar-refractivity contribution in [2.45, 2.75) is 13.5 Å². The van der Waals surface area contributed by atoms with E-state index in [0.717, 1.165) is 27.3 Å². The predicted molar refractivity (Wildman–Crippen MR) is 80.7 cm³/mol. The van der Waals surface area contributed by atoms with Crippen LogP contribution in [0, 0.1) is 6.92 Å². The summed E-state index contributed by atoms with van der Waals surface area (Å²) in [6.45, 7) is 2.71. The zero-order valence-electron chi connectivity index (χ0n) is 10.2. The first kappa shape index (κ1) is 13.5. The second-order valence-electron chi connectivity index (χ2n) is 4.08. The predicted octanol–water partition coefficient (Wildman–Crippen LogP) is 3.95. The maximum atomic E-state index is 4.42. The molecular weight excluding hydrogens is 358 g/mol. The van der Waals surface area contributed by atoms with Crippen molar-refractivity contribution in [3.05, 3.63) is 50.8 Å². The highest BCUT2D eigenvalue weighted by Gasteiger charge is 2.06. The first-order valence-electron chi connectivity index (χ1n) is 5.51. The Labute approximate surface area is 124 Å². The van der Waals surface area contributed by atoms with Crippen molar-refractivity contribution >= 4 is 37.7 Å². The number of hydrogen-bond donors (Lipinski definition) is 0. The molecule has 1 heterocycles. The van der Waals surface area contributed by atoms with Gasteiger partial charge in [-0.15, -0.1) is 0 Å². The number of halogens is 2. The molecular formula is C13H13Br2N3. The second-order valence-corrected chi connectivity index (χ2v) is 5.81. The van der Waals surface area contributed by atoms with Gasteiger partial charge in [0.1, 0.15) is 16.2 Å². The van der Waals surface area contributed by atoms with Crippen LogP contribution < -0.4 is 4.90 Å². The third-order valence-electron chi connectivity index (χ3n) is 2.52. The highest BCUT2D eigenvalue weighted by atomic mass is 79.9. The van der Waals surface area contributed by atoms with E-state index in [-0.39, 0.29) is 0 Å². The summed E-state index contributed by atoms with van der Waals surface area (Å²) in [5.41, 5.74) is 1.24. The van der Waals surface area contributed by atoms with E-state index in [4.69, 9.17) is 0 Å². The van der Waals surface area contributed by atoms with Gasteiger partial charge in [-0.3, -0.25) is 0 Å². The molecule has 0 unspecified atom stereocenters. The molecule has 5 heteroatoms. The van der Waals surface area contributed by atoms with Crippen molar-refractivity contribution in [2.24, 2.45) is 0 Å². The maximum Gasteiger partial charge on any atom is 0.133 e. The minimum atomic E-state index is 0.766. The maximum absolute atomic E-state index is 4.42. The molecule has 94 valence electrons. The van der Waals surface area contributed by atoms with Crippen LogP contribution in [0.5, 0.6) is 0 Å². The number of aromatic nitrogens is 2. The summed E-state index contributed by atoms with van der Waals surface area (Å²) in [6.07, 6.45) is 0. The summed E-state index contributed by atoms with van der Waals surface area (Å²) < 4.78 is 1.90. The van der Waals surface area contributed by atoms with Gasteiger partial charge in [-0.1, -0.05) is 28.1 Å². The highest BCUT2D eigenvalue weighted by molar-refractivity contribution is 9.10. The SMILES string of the molecule is Cc1nc(Br)cc(N(C)Cc2ccc(Br)cc2)n1. The molecule has 0 aliphatic heterocycles. The fourth-order valence-corrected chi connectivity index (χ4v) is 2.38. The number of anilines is 1. The monoisotopic (exact) mass is 369 g/mol. The fourth-order valence-electron chi connectivity index (χ4n) is 1.66. The fraction of sp³-hybridized carbons (Fsp3) is 0.231. The summed E-state index contributed by atoms with van der Waals surface area (Å²) in [6, 6.07) is 10.2. The number of aryl methyl sites for hydroxylation is 1. The van der Waals surface area contributed by atoms with Crippen molar-refractivity contribution in [1.82, 2.24) is 9.97 Å². The van der Waals surface area contributed by atoms with E-state index in [1.165, 1.54) is 5.56 Å². The van der Waals surface area contributed by atoms with Crippen molar-refractivity contribution < 1.29 is 0 Å². The summed E-state index contributed by atoms with van der Waals surface area (Å²) >= 11 is 6.83. The molecule has 0 saturated heterocycles. The standard InChI is InChI=1S/C13H13Br2N3/c1-9-16-12(15)7-13(17-9)18(2)8-10-3-5-11(14)6-4-10/h3-7H,8H2,1-2H3. The smallest absolute Gasteiger partial charge is 0.133 e. The Morgan fingerprint density at radius 2 is 1.78 bits per heavy atom. The average Bonchev–Trinajstić information content (AvgIpc) is 2.31. The third-order valence-corrected chi connectivity index (χ3v) is 3.45. The molecule has 18 heavy (non-hydrogen) atoms. The molecule has 2 rings (SSSR count). The molecule has 1 aromatic heterocycles. The number of hydrogen-bond acceptors (Lipinski definition) is 3. The van der Waals surface area contributed by atoms with Crippen LogP contribution in [0.15, 0.2) is 39.4 Å². The van der Waals surface area contributed by atoms with Gasteiger partial charge in [0.2, 0.25) is 0 Å². The molecule has 0 spiro atoms. The van der Waals surface area contributed by atoms with E-state index < -0.39 is 0 Å². The lowest BCUT2D eigenvalue weighted by Gasteiger charge is -2.18. The second kappa shape index (κ2) is 5.80. The summed E-state index contributed by atoms with van der Waals surface area (Å²) in [5, 5.41) is 0. The average molecular weight is 371 g/mol. The lowest BCUT2D eigenvalue weighted by atomic mass is 10.2. The topological polar surface area (TPSA) is 29.0 Å². The largest absolute Gasteiger partial charge is 0.355 e. The van der Waals surface area contributed by atoms with Crippen LogP contribution in [0.1, 0.15) is 11.4 Å². The Balaban J connectivity index is 2.16. The van der Waals surface area contributed by atoms with Gasteiger partial charge in [0.05, 0.1) is 0 Å². The third kappa shape index (κ3) is 3.53. The molecule has 0 aliphatic carbocycles. The normalized spacial score (nSPS) is 10.4. The lowest BCUT2D eigenvalue weighted by Crippen LogP contribution is -2.18. The molecule has 0 fully saturated rings. The molecule has 0 aliphatic rings. The van der Waals surface area contributed by atoms with E-state index in [9.17, 15) is 0 Å². The van der Waals surface area contributed by atoms with Gasteiger partial charge < -0.3 is 4.90 Å². The zero-order valence-corrected chi connectivity index (χ0v) is 13.4. The molecule has 0 radical (unpaired) electrons. The van der Waals surface area contributed by atoms with Crippen molar-refractivity contribution in [3.8, 4) is 0 Å². The summed E-state index contributed by atoms with van der Waals surface area (Å²) in [5.74, 6) is 1.68. The molecule has 2 aromatic rings. The molecule has 0 amide bonds. The van der Waals surface area contributed by atoms with E-state index >= 15 is 0 Å². The van der Waals surface area contributed by atoms with Gasteiger partial charge in [0.15, 0.2) is 0 Å². The molecule has 3 nitrogen and oxygen atoms in total. The van der Waals surface area contributed by atoms with Crippen LogP contribution >= 0.6 is 31.9 Å². The molecule has 1 aromatic carbocycles. The van der Waals surface area contributed by atoms with Gasteiger partial charge in [-0.2, -0.15) is 0 Å². The Kier molecular flexibility index (Phi) is 4.35. The summed E-state index contributed by atoms with van der Waals surface area (Å²) in [7, 11) is 2.02. The van der Waals surface area contributed by atoms with Gasteiger partial charge in [0, 0.05) is 24.1 Å². The Morgan fingerprint density at radius 1 is 1.11 bits per heavy atom. The molecule has 0 saturated carbocycles. The van der Waals surface area contributed by atoms with Crippen LogP contribution in [0.25, 0.3) is 0 Å². The van der Waals surface area contributed by atoms with Crippen LogP contribution in [0.2, 0.25) is 0 Å². The van der Waals surface area contributed by atoms with Crippen LogP contribution in [-0.4, -0.2) is 17.0 Å². The molecule has 0 N–H and O–H groups in total. The molecule has 0 bridgehead atoms. The van der Waals surface area contributed by atoms with Gasteiger partial charge in [-0.25, -0.2) is 9.97 Å². The quantitative estimate of drug-likeness (QED) is 0.766. The van der Waals surface area contributed by atoms with Crippen molar-refractivity contribution in [2.75, 3.05) is 11.9 Å². The summed E-state index contributed by atoms with van der Waals surface area (Å²) in [4.78, 5) is 10.7. The van der Waals surface area contributed by atoms with Crippen molar-refractivity contribution in [1.29, 1.82) is 0 Å². The van der Waals surface area contributed by atoms with E-state index in [1.54, 1.807) is 0 Å². The van der Waals surface area contributed by atoms with Crippen molar-refractivity contribution in [3.63, 3.8) is 0 Å². The number of rotatable bonds is 3. The number of nitrogens with zero attached hydrogens (tertiary/aromatic N) is 3. The van der Waals surface area contributed by atoms with E-state index in [1.807, 2.05) is 32.2 Å². The highest BCUT2D eigenvalue weighted by Crippen LogP contribution is 2.18. The number of benzene rings is 1. The van der Waals surface area contributed by atoms with Crippen LogP contribution in [-0.2, 0) is 6.54 Å². The van der Waals surface area contributed by atoms with Crippen LogP contribution in [0.4, 0.5) is 5.82 Å². The Hall–Kier alpha value is -0.940. The minimum Gasteiger partial charge on any atom is -0.355 e. The van der Waals surface area contributed by atoms with E-state index in [2.05, 4.69) is 58.9 Å². The van der Waals surface area contributed by atoms with Gasteiger partial charge in [0.25, 0.3) is 0 Å². The Morgan fingerprint density at radius 3 is 2.39 bits per heavy atom. The van der Waals surface area contributed by atoms with E-state index in [0.29, 0.717) is 0 Å². The minimum absolute atomic E-state index is 0.766. The van der Waals surface area contributed by atoms with Crippen LogP contribution in [0.3, 0.4) is 0 Å². The van der Waals surface area contributed by atoms with Gasteiger partial charge in [-0.05, 0) is 40.5 Å². The first-order chi connectivity index (χ1) is 8.54. The molecule has 0 atom stereocenters. The Bertz CT molecular complexity index is 520. The lowest BCUT2D eigenvalue weighted by molar-refractivity contribution is 0.875. The zero-order chi connectivity index (χ0) is 13.1. The first-order valence-corrected chi connectivity index (χ1v) is 7.10. The van der Waals surface area contributed by atoms with Gasteiger partial charge >= 0.3 is 0 Å².